The second-order valence-corrected chi connectivity index (χ2v) is 9.94. The third-order valence-corrected chi connectivity index (χ3v) is 6.54. The molecule has 1 saturated heterocycles. The molecule has 3 rings (SSSR count). The van der Waals surface area contributed by atoms with E-state index in [-0.39, 0.29) is 37.2 Å². The first-order chi connectivity index (χ1) is 18.8. The molecule has 2 aromatic rings. The van der Waals surface area contributed by atoms with Crippen molar-refractivity contribution in [3.8, 4) is 0 Å². The fourth-order valence-corrected chi connectivity index (χ4v) is 4.36. The summed E-state index contributed by atoms with van der Waals surface area (Å²) in [5, 5.41) is 10.7. The van der Waals surface area contributed by atoms with Gasteiger partial charge in [-0.25, -0.2) is 4.79 Å². The summed E-state index contributed by atoms with van der Waals surface area (Å²) >= 11 is 0. The van der Waals surface area contributed by atoms with Gasteiger partial charge in [-0.1, -0.05) is 74.5 Å². The van der Waals surface area contributed by atoms with E-state index in [0.29, 0.717) is 19.3 Å². The number of carbonyl (C=O) groups excluding carboxylic acids is 5. The van der Waals surface area contributed by atoms with Gasteiger partial charge in [-0.15, -0.1) is 0 Å². The molecule has 39 heavy (non-hydrogen) atoms. The van der Waals surface area contributed by atoms with Crippen LogP contribution in [-0.4, -0.2) is 54.8 Å². The summed E-state index contributed by atoms with van der Waals surface area (Å²) in [6.07, 6.45) is 0.776. The second kappa shape index (κ2) is 14.7. The van der Waals surface area contributed by atoms with Crippen LogP contribution in [-0.2, 0) is 36.9 Å². The van der Waals surface area contributed by atoms with Gasteiger partial charge in [0.15, 0.2) is 0 Å². The number of amides is 4. The largest absolute Gasteiger partial charge is 0.445 e. The van der Waals surface area contributed by atoms with E-state index in [9.17, 15) is 24.0 Å². The fourth-order valence-electron chi connectivity index (χ4n) is 4.36. The zero-order chi connectivity index (χ0) is 28.2. The van der Waals surface area contributed by atoms with Crippen molar-refractivity contribution in [2.75, 3.05) is 6.54 Å². The van der Waals surface area contributed by atoms with Crippen LogP contribution in [0.2, 0.25) is 0 Å². The van der Waals surface area contributed by atoms with E-state index in [4.69, 9.17) is 4.74 Å². The van der Waals surface area contributed by atoms with E-state index in [1.165, 1.54) is 0 Å². The van der Waals surface area contributed by atoms with Crippen LogP contribution in [0.1, 0.15) is 37.8 Å². The van der Waals surface area contributed by atoms with Crippen LogP contribution in [0.3, 0.4) is 0 Å². The standard InChI is InChI=1S/C29H36N4O6/c1-19(2)25(33-29(38)39-18-21-11-7-4-8-12-21)28(37)32-24(15-20-9-5-3-6-10-20)27(36)31-23(17-34)16-22-13-14-30-26(22)35/h3-12,17,19,22-25H,13-16,18H2,1-2H3,(H,30,35)(H,31,36)(H,32,37)(H,33,38). The molecule has 0 spiro atoms. The van der Waals surface area contributed by atoms with E-state index < -0.39 is 36.0 Å². The highest BCUT2D eigenvalue weighted by Gasteiger charge is 2.32. The number of hydrogen-bond donors (Lipinski definition) is 4. The van der Waals surface area contributed by atoms with E-state index in [2.05, 4.69) is 21.3 Å². The maximum atomic E-state index is 13.3. The Labute approximate surface area is 228 Å². The smallest absolute Gasteiger partial charge is 0.408 e. The molecule has 208 valence electrons. The van der Waals surface area contributed by atoms with Crippen LogP contribution in [0.15, 0.2) is 60.7 Å². The van der Waals surface area contributed by atoms with Crippen LogP contribution >= 0.6 is 0 Å². The molecule has 0 aliphatic carbocycles. The summed E-state index contributed by atoms with van der Waals surface area (Å²) in [5.74, 6) is -1.93. The molecule has 1 aliphatic rings. The Hall–Kier alpha value is -4.21. The van der Waals surface area contributed by atoms with Crippen molar-refractivity contribution in [3.63, 3.8) is 0 Å². The number of alkyl carbamates (subject to hydrolysis) is 1. The van der Waals surface area contributed by atoms with Gasteiger partial charge in [0.1, 0.15) is 25.0 Å². The van der Waals surface area contributed by atoms with Crippen LogP contribution in [0.5, 0.6) is 0 Å². The minimum atomic E-state index is -1.02. The Balaban J connectivity index is 1.67. The van der Waals surface area contributed by atoms with Gasteiger partial charge in [0.05, 0.1) is 6.04 Å². The third kappa shape index (κ3) is 9.24. The predicted molar refractivity (Wildman–Crippen MR) is 144 cm³/mol. The molecule has 4 N–H and O–H groups in total. The van der Waals surface area contributed by atoms with E-state index in [1.54, 1.807) is 13.8 Å². The van der Waals surface area contributed by atoms with Gasteiger partial charge in [0.2, 0.25) is 17.7 Å². The number of rotatable bonds is 13. The highest BCUT2D eigenvalue weighted by molar-refractivity contribution is 5.92. The molecule has 1 aliphatic heterocycles. The maximum absolute atomic E-state index is 13.3. The maximum Gasteiger partial charge on any atom is 0.408 e. The Morgan fingerprint density at radius 1 is 0.949 bits per heavy atom. The van der Waals surface area contributed by atoms with E-state index >= 15 is 0 Å². The topological polar surface area (TPSA) is 143 Å². The first-order valence-corrected chi connectivity index (χ1v) is 13.1. The average molecular weight is 537 g/mol. The lowest BCUT2D eigenvalue weighted by atomic mass is 9.98. The first kappa shape index (κ1) is 29.3. The molecule has 1 heterocycles. The molecule has 4 atom stereocenters. The van der Waals surface area contributed by atoms with Gasteiger partial charge < -0.3 is 30.8 Å². The number of aldehydes is 1. The van der Waals surface area contributed by atoms with Crippen molar-refractivity contribution in [2.24, 2.45) is 11.8 Å². The van der Waals surface area contributed by atoms with Gasteiger partial charge >= 0.3 is 6.09 Å². The summed E-state index contributed by atoms with van der Waals surface area (Å²) in [6.45, 7) is 4.11. The van der Waals surface area contributed by atoms with E-state index in [1.807, 2.05) is 60.7 Å². The normalized spacial score (nSPS) is 16.9. The fraction of sp³-hybridized carbons (Fsp3) is 0.414. The Bertz CT molecular complexity index is 1130. The summed E-state index contributed by atoms with van der Waals surface area (Å²) < 4.78 is 5.27. The van der Waals surface area contributed by atoms with Crippen molar-refractivity contribution < 1.29 is 28.7 Å². The molecular formula is C29H36N4O6. The molecule has 2 aromatic carbocycles. The minimum absolute atomic E-state index is 0.0459. The Morgan fingerprint density at radius 3 is 2.15 bits per heavy atom. The molecule has 0 aromatic heterocycles. The van der Waals surface area contributed by atoms with Crippen LogP contribution in [0, 0.1) is 11.8 Å². The zero-order valence-corrected chi connectivity index (χ0v) is 22.2. The van der Waals surface area contributed by atoms with Gasteiger partial charge in [-0.05, 0) is 29.9 Å². The lowest BCUT2D eigenvalue weighted by Gasteiger charge is -2.26. The summed E-state index contributed by atoms with van der Waals surface area (Å²) in [7, 11) is 0. The van der Waals surface area contributed by atoms with Crippen LogP contribution in [0.4, 0.5) is 4.79 Å². The molecule has 10 heteroatoms. The molecule has 0 bridgehead atoms. The van der Waals surface area contributed by atoms with Crippen LogP contribution in [0.25, 0.3) is 0 Å². The molecular weight excluding hydrogens is 500 g/mol. The van der Waals surface area contributed by atoms with Crippen molar-refractivity contribution in [1.82, 2.24) is 21.3 Å². The van der Waals surface area contributed by atoms with Crippen molar-refractivity contribution in [1.29, 1.82) is 0 Å². The van der Waals surface area contributed by atoms with Crippen molar-refractivity contribution in [2.45, 2.75) is 57.8 Å². The highest BCUT2D eigenvalue weighted by atomic mass is 16.5. The van der Waals surface area contributed by atoms with Crippen molar-refractivity contribution >= 4 is 30.1 Å². The zero-order valence-electron chi connectivity index (χ0n) is 22.2. The van der Waals surface area contributed by atoms with E-state index in [0.717, 1.165) is 11.1 Å². The summed E-state index contributed by atoms with van der Waals surface area (Å²) in [4.78, 5) is 62.7. The molecule has 0 saturated carbocycles. The Morgan fingerprint density at radius 2 is 1.59 bits per heavy atom. The molecule has 1 fully saturated rings. The second-order valence-electron chi connectivity index (χ2n) is 9.94. The van der Waals surface area contributed by atoms with Crippen LogP contribution < -0.4 is 21.3 Å². The quantitative estimate of drug-likeness (QED) is 0.288. The highest BCUT2D eigenvalue weighted by Crippen LogP contribution is 2.16. The Kier molecular flexibility index (Phi) is 11.0. The number of hydrogen-bond acceptors (Lipinski definition) is 6. The molecule has 0 radical (unpaired) electrons. The summed E-state index contributed by atoms with van der Waals surface area (Å²) in [6, 6.07) is 15.4. The monoisotopic (exact) mass is 536 g/mol. The third-order valence-electron chi connectivity index (χ3n) is 6.54. The SMILES string of the molecule is CC(C)C(NC(=O)OCc1ccccc1)C(=O)NC(Cc1ccccc1)C(=O)NC(C=O)CC1CCNC1=O. The van der Waals surface area contributed by atoms with Gasteiger partial charge in [0, 0.05) is 18.9 Å². The van der Waals surface area contributed by atoms with Gasteiger partial charge in [-0.3, -0.25) is 14.4 Å². The molecule has 4 amide bonds. The first-order valence-electron chi connectivity index (χ1n) is 13.1. The number of nitrogens with one attached hydrogen (secondary N) is 4. The minimum Gasteiger partial charge on any atom is -0.445 e. The molecule has 10 nitrogen and oxygen atoms in total. The lowest BCUT2D eigenvalue weighted by molar-refractivity contribution is -0.131. The van der Waals surface area contributed by atoms with Gasteiger partial charge in [0.25, 0.3) is 0 Å². The average Bonchev–Trinajstić information content (AvgIpc) is 3.34. The van der Waals surface area contributed by atoms with Gasteiger partial charge in [-0.2, -0.15) is 0 Å². The number of benzene rings is 2. The predicted octanol–water partition coefficient (Wildman–Crippen LogP) is 1.87. The lowest BCUT2D eigenvalue weighted by Crippen LogP contribution is -2.57. The van der Waals surface area contributed by atoms with Crippen molar-refractivity contribution in [3.05, 3.63) is 71.8 Å². The summed E-state index contributed by atoms with van der Waals surface area (Å²) in [5.41, 5.74) is 1.60. The number of ether oxygens (including phenoxy) is 1. The molecule has 4 unspecified atom stereocenters. The number of carbonyl (C=O) groups is 5.